The van der Waals surface area contributed by atoms with Gasteiger partial charge in [-0.1, -0.05) is 12.1 Å². The maximum absolute atomic E-state index is 13.6. The minimum Gasteiger partial charge on any atom is -0.460 e. The molecule has 0 aliphatic carbocycles. The molecule has 4 heteroatoms. The summed E-state index contributed by atoms with van der Waals surface area (Å²) in [6.45, 7) is 5.31. The van der Waals surface area contributed by atoms with Gasteiger partial charge < -0.3 is 14.5 Å². The molecule has 0 spiro atoms. The summed E-state index contributed by atoms with van der Waals surface area (Å²) < 4.78 is 25.0. The molecule has 3 rings (SSSR count). The molecular weight excluding hydrogens is 269 g/mol. The monoisotopic (exact) mass is 289 g/mol. The molecule has 112 valence electrons. The first-order valence-electron chi connectivity index (χ1n) is 7.34. The molecule has 0 bridgehead atoms. The lowest BCUT2D eigenvalue weighted by Gasteiger charge is -2.14. The van der Waals surface area contributed by atoms with E-state index >= 15 is 0 Å². The van der Waals surface area contributed by atoms with E-state index in [4.69, 9.17) is 9.15 Å². The lowest BCUT2D eigenvalue weighted by atomic mass is 10.1. The Hall–Kier alpha value is -1.65. The molecule has 1 N–H and O–H groups in total. The van der Waals surface area contributed by atoms with Gasteiger partial charge >= 0.3 is 0 Å². The summed E-state index contributed by atoms with van der Waals surface area (Å²) in [6.07, 6.45) is 1.27. The van der Waals surface area contributed by atoms with E-state index in [9.17, 15) is 4.39 Å². The van der Waals surface area contributed by atoms with Crippen molar-refractivity contribution in [1.29, 1.82) is 0 Å². The topological polar surface area (TPSA) is 34.4 Å². The van der Waals surface area contributed by atoms with Crippen LogP contribution in [0.4, 0.5) is 4.39 Å². The van der Waals surface area contributed by atoms with E-state index in [2.05, 4.69) is 12.2 Å². The Balaban J connectivity index is 1.70. The van der Waals surface area contributed by atoms with Gasteiger partial charge in [0.15, 0.2) is 0 Å². The predicted octanol–water partition coefficient (Wildman–Crippen LogP) is 3.66. The van der Waals surface area contributed by atoms with Crippen LogP contribution in [0.25, 0.3) is 11.3 Å². The molecule has 3 nitrogen and oxygen atoms in total. The Labute approximate surface area is 124 Å². The Kier molecular flexibility index (Phi) is 4.08. The molecule has 0 saturated carbocycles. The highest BCUT2D eigenvalue weighted by molar-refractivity contribution is 5.62. The molecule has 1 aromatic carbocycles. The van der Waals surface area contributed by atoms with Gasteiger partial charge in [-0.15, -0.1) is 0 Å². The van der Waals surface area contributed by atoms with Gasteiger partial charge in [-0.2, -0.15) is 0 Å². The Bertz CT molecular complexity index is 623. The minimum absolute atomic E-state index is 0.208. The average molecular weight is 289 g/mol. The van der Waals surface area contributed by atoms with Crippen LogP contribution in [-0.2, 0) is 11.3 Å². The van der Waals surface area contributed by atoms with E-state index in [-0.39, 0.29) is 11.9 Å². The van der Waals surface area contributed by atoms with E-state index < -0.39 is 0 Å². The van der Waals surface area contributed by atoms with Gasteiger partial charge in [0.25, 0.3) is 0 Å². The molecule has 1 saturated heterocycles. The van der Waals surface area contributed by atoms with Crippen LogP contribution in [0.2, 0.25) is 0 Å². The number of ether oxygens (including phenoxy) is 1. The summed E-state index contributed by atoms with van der Waals surface area (Å²) in [7, 11) is 0. The standard InChI is InChI=1S/C17H20FNO2/c1-11-14(4-3-5-15(11)18)17-7-6-13(21-17)10-19-16-8-9-20-12(16)2/h3-7,12,16,19H,8-10H2,1-2H3/t12-,16-/m1/s1. The average Bonchev–Trinajstić information content (AvgIpc) is 3.09. The van der Waals surface area contributed by atoms with E-state index in [1.807, 2.05) is 18.2 Å². The third-order valence-electron chi connectivity index (χ3n) is 4.11. The van der Waals surface area contributed by atoms with Crippen LogP contribution in [-0.4, -0.2) is 18.8 Å². The van der Waals surface area contributed by atoms with Gasteiger partial charge in [0.1, 0.15) is 17.3 Å². The van der Waals surface area contributed by atoms with E-state index in [1.54, 1.807) is 13.0 Å². The van der Waals surface area contributed by atoms with Crippen molar-refractivity contribution >= 4 is 0 Å². The molecule has 2 heterocycles. The molecule has 2 aromatic rings. The minimum atomic E-state index is -0.208. The van der Waals surface area contributed by atoms with Crippen molar-refractivity contribution in [3.05, 3.63) is 47.5 Å². The van der Waals surface area contributed by atoms with Crippen molar-refractivity contribution in [3.8, 4) is 11.3 Å². The van der Waals surface area contributed by atoms with Gasteiger partial charge in [-0.05, 0) is 44.0 Å². The van der Waals surface area contributed by atoms with Gasteiger partial charge in [0, 0.05) is 18.2 Å². The summed E-state index contributed by atoms with van der Waals surface area (Å²) in [4.78, 5) is 0. The number of rotatable bonds is 4. The zero-order valence-electron chi connectivity index (χ0n) is 12.4. The van der Waals surface area contributed by atoms with E-state index in [0.29, 0.717) is 23.9 Å². The third-order valence-corrected chi connectivity index (χ3v) is 4.11. The predicted molar refractivity (Wildman–Crippen MR) is 79.5 cm³/mol. The molecule has 1 aliphatic rings. The zero-order chi connectivity index (χ0) is 14.8. The Morgan fingerprint density at radius 1 is 1.29 bits per heavy atom. The second kappa shape index (κ2) is 6.00. The summed E-state index contributed by atoms with van der Waals surface area (Å²) in [5, 5.41) is 3.45. The van der Waals surface area contributed by atoms with Crippen molar-refractivity contribution in [2.45, 2.75) is 39.0 Å². The maximum atomic E-state index is 13.6. The van der Waals surface area contributed by atoms with Crippen LogP contribution < -0.4 is 5.32 Å². The third kappa shape index (κ3) is 3.01. The van der Waals surface area contributed by atoms with Crippen LogP contribution in [0.5, 0.6) is 0 Å². The number of halogens is 1. The first-order chi connectivity index (χ1) is 10.1. The molecule has 1 aliphatic heterocycles. The second-order valence-corrected chi connectivity index (χ2v) is 5.53. The number of hydrogen-bond acceptors (Lipinski definition) is 3. The normalized spacial score (nSPS) is 21.9. The number of benzene rings is 1. The lowest BCUT2D eigenvalue weighted by molar-refractivity contribution is 0.112. The summed E-state index contributed by atoms with van der Waals surface area (Å²) >= 11 is 0. The smallest absolute Gasteiger partial charge is 0.134 e. The highest BCUT2D eigenvalue weighted by Gasteiger charge is 2.23. The summed E-state index contributed by atoms with van der Waals surface area (Å²) in [5.41, 5.74) is 1.42. The zero-order valence-corrected chi connectivity index (χ0v) is 12.4. The van der Waals surface area contributed by atoms with Crippen LogP contribution in [0.15, 0.2) is 34.7 Å². The molecule has 21 heavy (non-hydrogen) atoms. The molecule has 2 atom stereocenters. The number of furan rings is 1. The van der Waals surface area contributed by atoms with Gasteiger partial charge in [-0.25, -0.2) is 4.39 Å². The second-order valence-electron chi connectivity index (χ2n) is 5.53. The van der Waals surface area contributed by atoms with Crippen molar-refractivity contribution in [1.82, 2.24) is 5.32 Å². The maximum Gasteiger partial charge on any atom is 0.134 e. The highest BCUT2D eigenvalue weighted by Crippen LogP contribution is 2.27. The van der Waals surface area contributed by atoms with Crippen LogP contribution >= 0.6 is 0 Å². The SMILES string of the molecule is Cc1c(F)cccc1-c1ccc(CN[C@@H]2CCO[C@@H]2C)o1. The molecule has 1 fully saturated rings. The number of hydrogen-bond donors (Lipinski definition) is 1. The molecule has 0 radical (unpaired) electrons. The van der Waals surface area contributed by atoms with Crippen molar-refractivity contribution in [2.75, 3.05) is 6.61 Å². The van der Waals surface area contributed by atoms with E-state index in [0.717, 1.165) is 24.4 Å². The van der Waals surface area contributed by atoms with Crippen molar-refractivity contribution < 1.29 is 13.5 Å². The van der Waals surface area contributed by atoms with Gasteiger partial charge in [0.2, 0.25) is 0 Å². The van der Waals surface area contributed by atoms with E-state index in [1.165, 1.54) is 6.07 Å². The van der Waals surface area contributed by atoms with Gasteiger partial charge in [0.05, 0.1) is 12.6 Å². The summed E-state index contributed by atoms with van der Waals surface area (Å²) in [6, 6.07) is 9.25. The van der Waals surface area contributed by atoms with Crippen LogP contribution in [0.1, 0.15) is 24.7 Å². The van der Waals surface area contributed by atoms with Crippen molar-refractivity contribution in [3.63, 3.8) is 0 Å². The Morgan fingerprint density at radius 3 is 2.90 bits per heavy atom. The van der Waals surface area contributed by atoms with Crippen molar-refractivity contribution in [2.24, 2.45) is 0 Å². The quantitative estimate of drug-likeness (QED) is 0.932. The van der Waals surface area contributed by atoms with Gasteiger partial charge in [-0.3, -0.25) is 0 Å². The molecule has 1 aromatic heterocycles. The van der Waals surface area contributed by atoms with Crippen LogP contribution in [0.3, 0.4) is 0 Å². The highest BCUT2D eigenvalue weighted by atomic mass is 19.1. The molecule has 0 amide bonds. The lowest BCUT2D eigenvalue weighted by Crippen LogP contribution is -2.33. The largest absolute Gasteiger partial charge is 0.460 e. The number of nitrogens with one attached hydrogen (secondary N) is 1. The fraction of sp³-hybridized carbons (Fsp3) is 0.412. The first kappa shape index (κ1) is 14.3. The first-order valence-corrected chi connectivity index (χ1v) is 7.34. The molecular formula is C17H20FNO2. The Morgan fingerprint density at radius 2 is 2.14 bits per heavy atom. The summed E-state index contributed by atoms with van der Waals surface area (Å²) in [5.74, 6) is 1.35. The fourth-order valence-corrected chi connectivity index (χ4v) is 2.72. The molecule has 0 unspecified atom stereocenters. The van der Waals surface area contributed by atoms with Crippen LogP contribution in [0, 0.1) is 12.7 Å². The fourth-order valence-electron chi connectivity index (χ4n) is 2.72.